The van der Waals surface area contributed by atoms with Crippen molar-refractivity contribution in [2.24, 2.45) is 0 Å². The molecule has 0 atom stereocenters. The van der Waals surface area contributed by atoms with E-state index in [1.807, 2.05) is 0 Å². The van der Waals surface area contributed by atoms with Crippen LogP contribution in [-0.2, 0) is 22.5 Å². The third kappa shape index (κ3) is 4.16. The van der Waals surface area contributed by atoms with Gasteiger partial charge in [-0.1, -0.05) is 11.8 Å². The zero-order valence-corrected chi connectivity index (χ0v) is 10.5. The van der Waals surface area contributed by atoms with E-state index < -0.39 is 11.7 Å². The average molecular weight is 291 g/mol. The molecule has 62 valence electrons. The van der Waals surface area contributed by atoms with Crippen molar-refractivity contribution in [2.45, 2.75) is 6.18 Å². The van der Waals surface area contributed by atoms with Gasteiger partial charge in [0.15, 0.2) is 0 Å². The van der Waals surface area contributed by atoms with Crippen molar-refractivity contribution in [3.8, 4) is 0 Å². The summed E-state index contributed by atoms with van der Waals surface area (Å²) in [6.07, 6.45) is -2.36. The Morgan fingerprint density at radius 3 is 2.25 bits per heavy atom. The topological polar surface area (TPSA) is 12.9 Å². The van der Waals surface area contributed by atoms with Crippen LogP contribution in [0.4, 0.5) is 13.2 Å². The van der Waals surface area contributed by atoms with Crippen molar-refractivity contribution in [1.29, 1.82) is 0 Å². The first-order chi connectivity index (χ1) is 5.61. The first-order valence-electron chi connectivity index (χ1n) is 2.76. The second kappa shape index (κ2) is 5.65. The Hall–Kier alpha value is 0.0434. The summed E-state index contributed by atoms with van der Waals surface area (Å²) in [6, 6.07) is 3.09. The minimum absolute atomic E-state index is 0.760. The maximum absolute atomic E-state index is 11.7. The summed E-state index contributed by atoms with van der Waals surface area (Å²) in [4.78, 5) is 3.28. The Kier molecular flexibility index (Phi) is 5.67. The number of alkyl halides is 3. The molecule has 1 aromatic heterocycles. The van der Waals surface area contributed by atoms with E-state index in [-0.39, 0.29) is 0 Å². The van der Waals surface area contributed by atoms with Gasteiger partial charge in [-0.25, -0.2) is 12.1 Å². The summed E-state index contributed by atoms with van der Waals surface area (Å²) in [7, 11) is 0. The van der Waals surface area contributed by atoms with E-state index in [1.165, 1.54) is 22.5 Å². The molecular weight excluding hydrogens is 288 g/mol. The van der Waals surface area contributed by atoms with Gasteiger partial charge in [0, 0.05) is 0 Å². The number of hydrogen-bond acceptors (Lipinski definition) is 1. The van der Waals surface area contributed by atoms with Gasteiger partial charge in [0.1, 0.15) is 0 Å². The first-order valence-corrected chi connectivity index (χ1v) is 9.70. The number of aromatic nitrogens is 1. The first kappa shape index (κ1) is 12.0. The fraction of sp³-hybridized carbons (Fsp3) is 0.167. The predicted molar refractivity (Wildman–Crippen MR) is 37.0 cm³/mol. The monoisotopic (exact) mass is 289 g/mol. The molecule has 0 radical (unpaired) electrons. The third-order valence-corrected chi connectivity index (χ3v) is 0.929. The molecule has 0 aromatic carbocycles. The van der Waals surface area contributed by atoms with Gasteiger partial charge in [0.25, 0.3) is 0 Å². The van der Waals surface area contributed by atoms with Gasteiger partial charge in [-0.05, 0) is 6.20 Å². The van der Waals surface area contributed by atoms with Crippen LogP contribution in [0, 0.1) is 6.07 Å². The molecule has 0 saturated carbocycles. The molecule has 0 spiro atoms. The van der Waals surface area contributed by atoms with Crippen LogP contribution in [0.5, 0.6) is 0 Å². The van der Waals surface area contributed by atoms with Gasteiger partial charge in [0.2, 0.25) is 0 Å². The van der Waals surface area contributed by atoms with Crippen LogP contribution in [0.1, 0.15) is 5.56 Å². The Labute approximate surface area is 84.4 Å². The van der Waals surface area contributed by atoms with Crippen LogP contribution < -0.4 is 0 Å². The summed E-state index contributed by atoms with van der Waals surface area (Å²) in [5, 5.41) is 0. The molecule has 0 bridgehead atoms. The average Bonchev–Trinajstić information content (AvgIpc) is 2.08. The Bertz CT molecular complexity index is 214. The van der Waals surface area contributed by atoms with Crippen molar-refractivity contribution in [2.75, 3.05) is 0 Å². The van der Waals surface area contributed by atoms with Crippen molar-refractivity contribution < 1.29 is 29.5 Å². The van der Waals surface area contributed by atoms with Crippen molar-refractivity contribution in [3.63, 3.8) is 0 Å². The number of nitrogens with zero attached hydrogens (tertiary/aromatic N) is 1. The van der Waals surface area contributed by atoms with E-state index in [9.17, 15) is 13.2 Å². The third-order valence-electron chi connectivity index (χ3n) is 0.929. The summed E-state index contributed by atoms with van der Waals surface area (Å²) >= 11 is 4.25. The number of hydrogen-bond donors (Lipinski definition) is 0. The summed E-state index contributed by atoms with van der Waals surface area (Å²) in [6.45, 7) is 0. The molecule has 0 unspecified atom stereocenters. The van der Waals surface area contributed by atoms with Crippen LogP contribution >= 0.6 is 13.6 Å². The van der Waals surface area contributed by atoms with Gasteiger partial charge in [-0.15, -0.1) is 0 Å². The van der Waals surface area contributed by atoms with E-state index in [0.29, 0.717) is 0 Å². The zero-order chi connectivity index (χ0) is 9.61. The molecule has 0 aliphatic heterocycles. The van der Waals surface area contributed by atoms with Crippen molar-refractivity contribution in [3.05, 3.63) is 30.1 Å². The summed E-state index contributed by atoms with van der Waals surface area (Å²) in [5.74, 6) is 0. The van der Waals surface area contributed by atoms with Gasteiger partial charge in [-0.3, -0.25) is 0 Å². The molecule has 6 heteroatoms. The number of halogens is 4. The number of rotatable bonds is 0. The van der Waals surface area contributed by atoms with E-state index >= 15 is 0 Å². The second-order valence-corrected chi connectivity index (χ2v) is 1.67. The van der Waals surface area contributed by atoms with Crippen molar-refractivity contribution in [1.82, 2.24) is 4.98 Å². The molecule has 1 heterocycles. The van der Waals surface area contributed by atoms with E-state index in [1.54, 1.807) is 0 Å². The molecule has 0 N–H and O–H groups in total. The van der Waals surface area contributed by atoms with Crippen LogP contribution in [0.3, 0.4) is 0 Å². The quantitative estimate of drug-likeness (QED) is 0.529. The van der Waals surface area contributed by atoms with E-state index in [4.69, 9.17) is 0 Å². The predicted octanol–water partition coefficient (Wildman–Crippen LogP) is 2.74. The van der Waals surface area contributed by atoms with Gasteiger partial charge < -0.3 is 4.98 Å². The van der Waals surface area contributed by atoms with Gasteiger partial charge >= 0.3 is 36.1 Å². The zero-order valence-electron chi connectivity index (χ0n) is 5.90. The molecule has 0 saturated heterocycles. The molecule has 0 aliphatic rings. The molecule has 0 aliphatic carbocycles. The molecule has 12 heavy (non-hydrogen) atoms. The molecule has 1 rings (SSSR count). The maximum atomic E-state index is 11.7. The summed E-state index contributed by atoms with van der Waals surface area (Å²) in [5.41, 5.74) is -0.769. The molecule has 0 fully saturated rings. The number of pyridine rings is 1. The molecular formula is C6H3BrF3NZn. The minimum atomic E-state index is -4.30. The van der Waals surface area contributed by atoms with Crippen molar-refractivity contribution >= 4 is 13.6 Å². The van der Waals surface area contributed by atoms with Crippen LogP contribution in [-0.4, -0.2) is 4.98 Å². The Morgan fingerprint density at radius 2 is 2.00 bits per heavy atom. The van der Waals surface area contributed by atoms with Gasteiger partial charge in [0.05, 0.1) is 0 Å². The van der Waals surface area contributed by atoms with E-state index in [0.717, 1.165) is 12.3 Å². The molecule has 1 aromatic rings. The SMILES string of the molecule is FC(F)(F)c1c[c-]cnc1.[Zn+][Br]. The fourth-order valence-corrected chi connectivity index (χ4v) is 0.480. The Balaban J connectivity index is 0.000000561. The van der Waals surface area contributed by atoms with Gasteiger partial charge in [-0.2, -0.15) is 13.2 Å². The second-order valence-electron chi connectivity index (χ2n) is 1.67. The van der Waals surface area contributed by atoms with Crippen LogP contribution in [0.25, 0.3) is 0 Å². The Morgan fingerprint density at radius 1 is 1.42 bits per heavy atom. The van der Waals surface area contributed by atoms with Crippen LogP contribution in [0.15, 0.2) is 18.5 Å². The molecule has 0 amide bonds. The van der Waals surface area contributed by atoms with Crippen LogP contribution in [0.2, 0.25) is 0 Å². The fourth-order valence-electron chi connectivity index (χ4n) is 0.480. The summed E-state index contributed by atoms with van der Waals surface area (Å²) < 4.78 is 35.2. The normalized spacial score (nSPS) is 10.2. The standard InChI is InChI=1S/C6H3F3N.BrH.Zn/c7-6(8,9)5-2-1-3-10-4-5;;/h2-4H;1H;/q-1;;+2/p-1. The molecule has 1 nitrogen and oxygen atoms in total. The van der Waals surface area contributed by atoms with E-state index in [2.05, 4.69) is 24.7 Å².